The second-order valence-electron chi connectivity index (χ2n) is 9.74. The molecule has 1 amide bonds. The fourth-order valence-corrected chi connectivity index (χ4v) is 4.16. The molecule has 0 saturated carbocycles. The third kappa shape index (κ3) is 7.16. The van der Waals surface area contributed by atoms with Crippen LogP contribution >= 0.6 is 11.6 Å². The molecule has 2 heterocycles. The van der Waals surface area contributed by atoms with Gasteiger partial charge in [0.05, 0.1) is 30.4 Å². The van der Waals surface area contributed by atoms with Crippen molar-refractivity contribution in [2.75, 3.05) is 41.0 Å². The van der Waals surface area contributed by atoms with Gasteiger partial charge in [0.25, 0.3) is 0 Å². The number of rotatable bonds is 7. The van der Waals surface area contributed by atoms with Gasteiger partial charge in [-0.1, -0.05) is 23.7 Å². The predicted molar refractivity (Wildman–Crippen MR) is 149 cm³/mol. The second-order valence-corrected chi connectivity index (χ2v) is 10.2. The Kier molecular flexibility index (Phi) is 8.23. The molecule has 9 nitrogen and oxygen atoms in total. The number of hydrogen-bond acceptors (Lipinski definition) is 8. The quantitative estimate of drug-likeness (QED) is 0.305. The number of halogens is 1. The van der Waals surface area contributed by atoms with Crippen molar-refractivity contribution >= 4 is 52.2 Å². The average molecular weight is 525 g/mol. The van der Waals surface area contributed by atoms with E-state index in [0.717, 1.165) is 37.3 Å². The van der Waals surface area contributed by atoms with Crippen LogP contribution in [-0.4, -0.2) is 41.9 Å². The molecule has 37 heavy (non-hydrogen) atoms. The summed E-state index contributed by atoms with van der Waals surface area (Å²) in [5.74, 6) is 1.37. The minimum atomic E-state index is -0.624. The Morgan fingerprint density at radius 3 is 2.49 bits per heavy atom. The zero-order chi connectivity index (χ0) is 26.4. The molecule has 3 aromatic rings. The number of aromatic nitrogens is 2. The van der Waals surface area contributed by atoms with Crippen LogP contribution < -0.4 is 25.6 Å². The highest BCUT2D eigenvalue weighted by atomic mass is 35.5. The lowest BCUT2D eigenvalue weighted by molar-refractivity contribution is 0.0636. The first-order chi connectivity index (χ1) is 17.7. The lowest BCUT2D eigenvalue weighted by Gasteiger charge is -2.29. The van der Waals surface area contributed by atoms with Crippen LogP contribution in [-0.2, 0) is 4.74 Å². The Bertz CT molecular complexity index is 1240. The minimum Gasteiger partial charge on any atom is -0.495 e. The Labute approximate surface area is 222 Å². The summed E-state index contributed by atoms with van der Waals surface area (Å²) in [4.78, 5) is 23.8. The molecule has 0 spiro atoms. The van der Waals surface area contributed by atoms with Gasteiger partial charge >= 0.3 is 6.09 Å². The van der Waals surface area contributed by atoms with Gasteiger partial charge < -0.3 is 25.0 Å². The maximum atomic E-state index is 12.6. The molecule has 0 unspecified atom stereocenters. The van der Waals surface area contributed by atoms with Gasteiger partial charge in [-0.2, -0.15) is 4.98 Å². The highest BCUT2D eigenvalue weighted by molar-refractivity contribution is 6.33. The molecule has 0 radical (unpaired) electrons. The Morgan fingerprint density at radius 1 is 1.00 bits per heavy atom. The van der Waals surface area contributed by atoms with Crippen LogP contribution in [0.1, 0.15) is 40.0 Å². The van der Waals surface area contributed by atoms with Gasteiger partial charge in [-0.15, -0.1) is 0 Å². The van der Waals surface area contributed by atoms with E-state index in [-0.39, 0.29) is 0 Å². The van der Waals surface area contributed by atoms with E-state index < -0.39 is 11.7 Å². The number of hydrogen-bond donors (Lipinski definition) is 3. The Morgan fingerprint density at radius 2 is 1.76 bits per heavy atom. The van der Waals surface area contributed by atoms with E-state index in [1.807, 2.05) is 63.2 Å². The molecule has 3 N–H and O–H groups in total. The van der Waals surface area contributed by atoms with Crippen LogP contribution in [0.3, 0.4) is 0 Å². The molecule has 0 bridgehead atoms. The van der Waals surface area contributed by atoms with Gasteiger partial charge in [0.15, 0.2) is 5.82 Å². The number of amides is 1. The smallest absolute Gasteiger partial charge is 0.412 e. The summed E-state index contributed by atoms with van der Waals surface area (Å²) < 4.78 is 10.9. The third-order valence-electron chi connectivity index (χ3n) is 5.71. The molecule has 1 aliphatic rings. The van der Waals surface area contributed by atoms with Crippen LogP contribution in [0.15, 0.2) is 48.7 Å². The minimum absolute atomic E-state index is 0.305. The summed E-state index contributed by atoms with van der Waals surface area (Å²) in [6, 6.07) is 13.4. The van der Waals surface area contributed by atoms with Crippen molar-refractivity contribution in [2.45, 2.75) is 45.6 Å². The van der Waals surface area contributed by atoms with Crippen molar-refractivity contribution in [1.29, 1.82) is 0 Å². The highest BCUT2D eigenvalue weighted by Gasteiger charge is 2.20. The van der Waals surface area contributed by atoms with Gasteiger partial charge in [0, 0.05) is 18.8 Å². The fourth-order valence-electron chi connectivity index (χ4n) is 4.02. The summed E-state index contributed by atoms with van der Waals surface area (Å²) in [5.41, 5.74) is 2.31. The van der Waals surface area contributed by atoms with Crippen molar-refractivity contribution in [3.63, 3.8) is 0 Å². The lowest BCUT2D eigenvalue weighted by atomic mass is 10.1. The predicted octanol–water partition coefficient (Wildman–Crippen LogP) is 6.96. The summed E-state index contributed by atoms with van der Waals surface area (Å²) in [6.45, 7) is 7.45. The van der Waals surface area contributed by atoms with Gasteiger partial charge in [0.1, 0.15) is 16.4 Å². The van der Waals surface area contributed by atoms with Gasteiger partial charge in [-0.3, -0.25) is 5.32 Å². The number of benzene rings is 2. The number of methoxy groups -OCH3 is 1. The van der Waals surface area contributed by atoms with E-state index in [9.17, 15) is 4.79 Å². The van der Waals surface area contributed by atoms with E-state index in [1.165, 1.54) is 12.6 Å². The zero-order valence-electron chi connectivity index (χ0n) is 21.6. The molecule has 0 atom stereocenters. The maximum Gasteiger partial charge on any atom is 0.412 e. The topological polar surface area (TPSA) is 101 Å². The Balaban J connectivity index is 1.61. The molecule has 1 aliphatic heterocycles. The number of piperidine rings is 1. The molecular weight excluding hydrogens is 492 g/mol. The summed E-state index contributed by atoms with van der Waals surface area (Å²) in [7, 11) is 1.60. The molecule has 1 fully saturated rings. The first kappa shape index (κ1) is 26.3. The van der Waals surface area contributed by atoms with E-state index in [4.69, 9.17) is 21.1 Å². The summed E-state index contributed by atoms with van der Waals surface area (Å²) in [6.07, 6.45) is 4.50. The molecule has 196 valence electrons. The number of anilines is 6. The van der Waals surface area contributed by atoms with Crippen LogP contribution in [0.25, 0.3) is 0 Å². The summed E-state index contributed by atoms with van der Waals surface area (Å²) in [5, 5.41) is 9.64. The third-order valence-corrected chi connectivity index (χ3v) is 5.99. The standard InChI is InChI=1S/C27H33ClN6O3/c1-27(2,3)37-26(35)32-22-16-18(34-14-8-5-9-15-34)12-13-20(22)31-25-29-17-19(28)24(33-25)30-21-10-6-7-11-23(21)36-4/h6-7,10-13,16-17H,5,8-9,14-15H2,1-4H3,(H,32,35)(H2,29,30,31,33). The van der Waals surface area contributed by atoms with Crippen LogP contribution in [0.5, 0.6) is 5.75 Å². The molecule has 0 aliphatic carbocycles. The molecule has 10 heteroatoms. The van der Waals surface area contributed by atoms with Crippen molar-refractivity contribution in [3.8, 4) is 5.75 Å². The Hall–Kier alpha value is -3.72. The number of para-hydroxylation sites is 2. The van der Waals surface area contributed by atoms with E-state index >= 15 is 0 Å². The van der Waals surface area contributed by atoms with Crippen LogP contribution in [0.4, 0.5) is 39.3 Å². The average Bonchev–Trinajstić information content (AvgIpc) is 2.87. The maximum absolute atomic E-state index is 12.6. The van der Waals surface area contributed by atoms with E-state index in [2.05, 4.69) is 30.8 Å². The van der Waals surface area contributed by atoms with Crippen LogP contribution in [0.2, 0.25) is 5.02 Å². The first-order valence-electron chi connectivity index (χ1n) is 12.3. The normalized spacial score (nSPS) is 13.6. The van der Waals surface area contributed by atoms with Crippen molar-refractivity contribution in [3.05, 3.63) is 53.7 Å². The largest absolute Gasteiger partial charge is 0.495 e. The van der Waals surface area contributed by atoms with E-state index in [0.29, 0.717) is 33.9 Å². The van der Waals surface area contributed by atoms with Crippen molar-refractivity contribution < 1.29 is 14.3 Å². The van der Waals surface area contributed by atoms with Crippen LogP contribution in [0, 0.1) is 0 Å². The van der Waals surface area contributed by atoms with Crippen molar-refractivity contribution in [1.82, 2.24) is 9.97 Å². The molecule has 2 aromatic carbocycles. The molecule has 4 rings (SSSR count). The number of nitrogens with zero attached hydrogens (tertiary/aromatic N) is 3. The molecule has 1 aromatic heterocycles. The number of nitrogens with one attached hydrogen (secondary N) is 3. The van der Waals surface area contributed by atoms with Gasteiger partial charge in [-0.05, 0) is 70.4 Å². The summed E-state index contributed by atoms with van der Waals surface area (Å²) >= 11 is 6.38. The fraction of sp³-hybridized carbons (Fsp3) is 0.370. The molecular formula is C27H33ClN6O3. The zero-order valence-corrected chi connectivity index (χ0v) is 22.4. The number of carbonyl (C=O) groups excluding carboxylic acids is 1. The number of carbonyl (C=O) groups is 1. The highest BCUT2D eigenvalue weighted by Crippen LogP contribution is 2.33. The number of ether oxygens (including phenoxy) is 2. The lowest BCUT2D eigenvalue weighted by Crippen LogP contribution is -2.30. The SMILES string of the molecule is COc1ccccc1Nc1nc(Nc2ccc(N3CCCCC3)cc2NC(=O)OC(C)(C)C)ncc1Cl. The van der Waals surface area contributed by atoms with Crippen molar-refractivity contribution in [2.24, 2.45) is 0 Å². The van der Waals surface area contributed by atoms with Gasteiger partial charge in [-0.25, -0.2) is 9.78 Å². The van der Waals surface area contributed by atoms with E-state index in [1.54, 1.807) is 7.11 Å². The second kappa shape index (κ2) is 11.6. The monoisotopic (exact) mass is 524 g/mol. The first-order valence-corrected chi connectivity index (χ1v) is 12.7. The molecule has 1 saturated heterocycles. The van der Waals surface area contributed by atoms with Gasteiger partial charge in [0.2, 0.25) is 5.95 Å².